The molecule has 11 nitrogen and oxygen atoms in total. The Bertz CT molecular complexity index is 1080. The lowest BCUT2D eigenvalue weighted by Gasteiger charge is -2.20. The summed E-state index contributed by atoms with van der Waals surface area (Å²) in [7, 11) is -4.72. The van der Waals surface area contributed by atoms with Gasteiger partial charge < -0.3 is 25.2 Å². The largest absolute Gasteiger partial charge is 0.480 e. The predicted molar refractivity (Wildman–Crippen MR) is 222 cm³/mol. The number of aliphatic carboxylic acids is 1. The topological polar surface area (TPSA) is 172 Å². The van der Waals surface area contributed by atoms with E-state index >= 15 is 0 Å². The van der Waals surface area contributed by atoms with Crippen LogP contribution in [-0.2, 0) is 37.5 Å². The van der Waals surface area contributed by atoms with Gasteiger partial charge in [-0.15, -0.1) is 0 Å². The fraction of sp³-hybridized carbons (Fsp3) is 0.791. The van der Waals surface area contributed by atoms with Gasteiger partial charge in [0.25, 0.3) is 0 Å². The van der Waals surface area contributed by atoms with Crippen LogP contribution in [0, 0.1) is 0 Å². The predicted octanol–water partition coefficient (Wildman–Crippen LogP) is 11.2. The van der Waals surface area contributed by atoms with Gasteiger partial charge in [-0.2, -0.15) is 0 Å². The highest BCUT2D eigenvalue weighted by atomic mass is 31.2. The van der Waals surface area contributed by atoms with E-state index in [2.05, 4.69) is 54.8 Å². The van der Waals surface area contributed by atoms with Gasteiger partial charge >= 0.3 is 25.7 Å². The first-order valence-corrected chi connectivity index (χ1v) is 23.0. The Labute approximate surface area is 333 Å². The number of carboxylic acid groups (broad SMARTS) is 1. The van der Waals surface area contributed by atoms with Crippen LogP contribution in [0.4, 0.5) is 0 Å². The van der Waals surface area contributed by atoms with Crippen LogP contribution in [0.15, 0.2) is 36.5 Å². The molecule has 0 aromatic rings. The quantitative estimate of drug-likeness (QED) is 0.0233. The molecule has 4 N–H and O–H groups in total. The summed E-state index contributed by atoms with van der Waals surface area (Å²) in [6, 6.07) is -1.52. The molecule has 3 atom stereocenters. The maximum Gasteiger partial charge on any atom is 0.472 e. The number of allylic oxidation sites excluding steroid dienone is 6. The minimum absolute atomic E-state index is 0.144. The van der Waals surface area contributed by atoms with Crippen LogP contribution in [0.2, 0.25) is 0 Å². The molecule has 0 fully saturated rings. The monoisotopic (exact) mass is 800 g/mol. The van der Waals surface area contributed by atoms with E-state index in [1.807, 2.05) is 0 Å². The van der Waals surface area contributed by atoms with E-state index in [0.717, 1.165) is 83.5 Å². The van der Waals surface area contributed by atoms with Crippen LogP contribution in [0.25, 0.3) is 0 Å². The zero-order chi connectivity index (χ0) is 40.7. The number of esters is 2. The van der Waals surface area contributed by atoms with Crippen molar-refractivity contribution in [1.82, 2.24) is 0 Å². The number of hydrogen-bond donors (Lipinski definition) is 3. The van der Waals surface area contributed by atoms with Gasteiger partial charge in [-0.25, -0.2) is 4.57 Å². The van der Waals surface area contributed by atoms with E-state index in [4.69, 9.17) is 24.8 Å². The number of ether oxygens (including phenoxy) is 2. The van der Waals surface area contributed by atoms with Crippen LogP contribution in [0.1, 0.15) is 187 Å². The van der Waals surface area contributed by atoms with Crippen molar-refractivity contribution < 1.29 is 47.5 Å². The second kappa shape index (κ2) is 38.6. The van der Waals surface area contributed by atoms with Crippen LogP contribution >= 0.6 is 7.82 Å². The van der Waals surface area contributed by atoms with Gasteiger partial charge in [0.15, 0.2) is 6.10 Å². The molecule has 0 rings (SSSR count). The maximum absolute atomic E-state index is 12.6. The normalized spacial score (nSPS) is 14.1. The number of unbranched alkanes of at least 4 members (excludes halogenated alkanes) is 20. The summed E-state index contributed by atoms with van der Waals surface area (Å²) >= 11 is 0. The first-order valence-electron chi connectivity index (χ1n) is 21.5. The Hall–Kier alpha value is -2.30. The number of phosphoric ester groups is 1. The average Bonchev–Trinajstić information content (AvgIpc) is 3.16. The summed E-state index contributed by atoms with van der Waals surface area (Å²) in [5.41, 5.74) is 5.33. The summed E-state index contributed by atoms with van der Waals surface area (Å²) in [5.74, 6) is -2.41. The first kappa shape index (κ1) is 52.7. The fourth-order valence-electron chi connectivity index (χ4n) is 5.68. The number of carbonyl (C=O) groups excluding carboxylic acids is 2. The molecule has 320 valence electrons. The van der Waals surface area contributed by atoms with Crippen LogP contribution in [-0.4, -0.2) is 59.9 Å². The zero-order valence-corrected chi connectivity index (χ0v) is 35.4. The smallest absolute Gasteiger partial charge is 0.472 e. The van der Waals surface area contributed by atoms with Crippen molar-refractivity contribution in [3.63, 3.8) is 0 Å². The van der Waals surface area contributed by atoms with Crippen molar-refractivity contribution in [3.05, 3.63) is 36.5 Å². The molecule has 12 heteroatoms. The molecule has 55 heavy (non-hydrogen) atoms. The molecule has 0 radical (unpaired) electrons. The lowest BCUT2D eigenvalue weighted by atomic mass is 10.1. The Kier molecular flexibility index (Phi) is 37.0. The number of carboxylic acids is 1. The summed E-state index contributed by atoms with van der Waals surface area (Å²) < 4.78 is 32.7. The Balaban J connectivity index is 4.41. The summed E-state index contributed by atoms with van der Waals surface area (Å²) in [5, 5.41) is 8.88. The SMILES string of the molecule is CCCCCC/C=C\C/C=C\CCCCCCCC(=O)OC(COC(=O)CCCCCCC/C=C\CCCCCCCC)COP(=O)(O)OCC(N)C(=O)O. The van der Waals surface area contributed by atoms with Crippen LogP contribution in [0.5, 0.6) is 0 Å². The van der Waals surface area contributed by atoms with E-state index in [1.165, 1.54) is 64.2 Å². The number of rotatable bonds is 40. The zero-order valence-electron chi connectivity index (χ0n) is 34.5. The van der Waals surface area contributed by atoms with Gasteiger partial charge in [-0.3, -0.25) is 23.4 Å². The molecule has 0 aliphatic carbocycles. The van der Waals surface area contributed by atoms with Crippen molar-refractivity contribution in [1.29, 1.82) is 0 Å². The first-order chi connectivity index (χ1) is 26.6. The molecular formula is C43H78NO10P. The minimum atomic E-state index is -4.72. The number of carbonyl (C=O) groups is 3. The molecular weight excluding hydrogens is 721 g/mol. The molecule has 0 aliphatic rings. The van der Waals surface area contributed by atoms with Gasteiger partial charge in [-0.1, -0.05) is 140 Å². The molecule has 3 unspecified atom stereocenters. The number of nitrogens with two attached hydrogens (primary N) is 1. The third-order valence-corrected chi connectivity index (χ3v) is 10.1. The second-order valence-electron chi connectivity index (χ2n) is 14.5. The van der Waals surface area contributed by atoms with E-state index in [9.17, 15) is 23.8 Å². The summed E-state index contributed by atoms with van der Waals surface area (Å²) in [6.07, 6.45) is 40.6. The minimum Gasteiger partial charge on any atom is -0.480 e. The van der Waals surface area contributed by atoms with E-state index in [1.54, 1.807) is 0 Å². The Morgan fingerprint density at radius 2 is 0.964 bits per heavy atom. The van der Waals surface area contributed by atoms with Crippen molar-refractivity contribution >= 4 is 25.7 Å². The highest BCUT2D eigenvalue weighted by Crippen LogP contribution is 2.43. The molecule has 0 heterocycles. The van der Waals surface area contributed by atoms with Crippen molar-refractivity contribution in [3.8, 4) is 0 Å². The van der Waals surface area contributed by atoms with E-state index in [-0.39, 0.29) is 19.4 Å². The van der Waals surface area contributed by atoms with Crippen molar-refractivity contribution in [2.45, 2.75) is 199 Å². The number of phosphoric acid groups is 1. The van der Waals surface area contributed by atoms with Crippen LogP contribution < -0.4 is 5.73 Å². The lowest BCUT2D eigenvalue weighted by Crippen LogP contribution is -2.34. The van der Waals surface area contributed by atoms with Crippen LogP contribution in [0.3, 0.4) is 0 Å². The lowest BCUT2D eigenvalue weighted by molar-refractivity contribution is -0.161. The molecule has 0 aliphatic heterocycles. The third-order valence-electron chi connectivity index (χ3n) is 9.11. The molecule has 0 spiro atoms. The maximum atomic E-state index is 12.6. The highest BCUT2D eigenvalue weighted by Gasteiger charge is 2.28. The Morgan fingerprint density at radius 1 is 0.564 bits per heavy atom. The fourth-order valence-corrected chi connectivity index (χ4v) is 6.46. The third kappa shape index (κ3) is 38.4. The molecule has 0 saturated carbocycles. The van der Waals surface area contributed by atoms with E-state index in [0.29, 0.717) is 12.8 Å². The van der Waals surface area contributed by atoms with Gasteiger partial charge in [-0.05, 0) is 70.6 Å². The van der Waals surface area contributed by atoms with Crippen molar-refractivity contribution in [2.75, 3.05) is 19.8 Å². The molecule has 0 amide bonds. The van der Waals surface area contributed by atoms with Gasteiger partial charge in [0.1, 0.15) is 12.6 Å². The summed E-state index contributed by atoms with van der Waals surface area (Å²) in [4.78, 5) is 45.9. The second-order valence-corrected chi connectivity index (χ2v) is 15.9. The van der Waals surface area contributed by atoms with E-state index < -0.39 is 51.1 Å². The number of hydrogen-bond acceptors (Lipinski definition) is 9. The van der Waals surface area contributed by atoms with Gasteiger partial charge in [0, 0.05) is 12.8 Å². The highest BCUT2D eigenvalue weighted by molar-refractivity contribution is 7.47. The molecule has 0 saturated heterocycles. The molecule has 0 aromatic heterocycles. The van der Waals surface area contributed by atoms with Crippen molar-refractivity contribution in [2.24, 2.45) is 5.73 Å². The van der Waals surface area contributed by atoms with Gasteiger partial charge in [0.05, 0.1) is 13.2 Å². The molecule has 0 bridgehead atoms. The van der Waals surface area contributed by atoms with Gasteiger partial charge in [0.2, 0.25) is 0 Å². The Morgan fingerprint density at radius 3 is 1.45 bits per heavy atom. The standard InChI is InChI=1S/C43H78NO10P/c1-3-5-7-9-11-13-15-17-19-21-23-25-27-29-31-33-35-42(46)54-39(37-52-55(49,50)53-38-40(44)43(47)48)36-51-41(45)34-32-30-28-26-24-22-20-18-16-14-12-10-8-6-4-2/h13,15,18-21,39-40H,3-12,14,16-17,22-38,44H2,1-2H3,(H,47,48)(H,49,50)/b15-13-,20-18-,21-19-. The molecule has 0 aromatic carbocycles. The average molecular weight is 800 g/mol. The summed E-state index contributed by atoms with van der Waals surface area (Å²) in [6.45, 7) is 2.76.